The van der Waals surface area contributed by atoms with Crippen molar-refractivity contribution in [1.29, 1.82) is 0 Å². The van der Waals surface area contributed by atoms with Gasteiger partial charge in [0.05, 0.1) is 27.8 Å². The topological polar surface area (TPSA) is 48.5 Å². The zero-order valence-corrected chi connectivity index (χ0v) is 36.9. The Morgan fingerprint density at radius 2 is 0.618 bits per heavy atom. The molecule has 3 aromatic heterocycles. The first-order chi connectivity index (χ1) is 33.7. The molecule has 0 spiro atoms. The maximum atomic E-state index is 5.34. The van der Waals surface area contributed by atoms with E-state index in [0.717, 1.165) is 72.4 Å². The summed E-state index contributed by atoms with van der Waals surface area (Å²) in [4.78, 5) is 15.8. The summed E-state index contributed by atoms with van der Waals surface area (Å²) in [5.41, 5.74) is 16.3. The van der Waals surface area contributed by atoms with Gasteiger partial charge in [0.25, 0.3) is 0 Å². The molecule has 0 radical (unpaired) electrons. The predicted octanol–water partition coefficient (Wildman–Crippen LogP) is 16.1. The Kier molecular flexibility index (Phi) is 9.43. The molecule has 0 unspecified atom stereocenters. The molecule has 0 aliphatic heterocycles. The third-order valence-electron chi connectivity index (χ3n) is 13.2. The minimum absolute atomic E-state index is 0.594. The van der Waals surface area contributed by atoms with Crippen LogP contribution in [-0.4, -0.2) is 24.1 Å². The molecule has 68 heavy (non-hydrogen) atoms. The van der Waals surface area contributed by atoms with Gasteiger partial charge in [-0.05, 0) is 76.3 Å². The molecule has 5 heteroatoms. The van der Waals surface area contributed by atoms with E-state index in [0.29, 0.717) is 17.5 Å². The van der Waals surface area contributed by atoms with Gasteiger partial charge in [-0.3, -0.25) is 0 Å². The van der Waals surface area contributed by atoms with Gasteiger partial charge in [-0.25, -0.2) is 15.0 Å². The minimum atomic E-state index is 0.594. The molecule has 0 amide bonds. The number of para-hydroxylation sites is 4. The predicted molar refractivity (Wildman–Crippen MR) is 281 cm³/mol. The normalized spacial score (nSPS) is 11.5. The fourth-order valence-corrected chi connectivity index (χ4v) is 9.97. The van der Waals surface area contributed by atoms with Crippen LogP contribution in [0.25, 0.3) is 123 Å². The van der Waals surface area contributed by atoms with Gasteiger partial charge in [0, 0.05) is 49.5 Å². The molecule has 0 saturated carbocycles. The monoisotopic (exact) mass is 867 g/mol. The van der Waals surface area contributed by atoms with E-state index < -0.39 is 0 Å². The van der Waals surface area contributed by atoms with E-state index in [-0.39, 0.29) is 0 Å². The fourth-order valence-electron chi connectivity index (χ4n) is 9.97. The van der Waals surface area contributed by atoms with Crippen LogP contribution >= 0.6 is 0 Å². The quantitative estimate of drug-likeness (QED) is 0.153. The Morgan fingerprint density at radius 3 is 1.19 bits per heavy atom. The molecule has 318 valence electrons. The van der Waals surface area contributed by atoms with Crippen LogP contribution in [0.3, 0.4) is 0 Å². The highest BCUT2D eigenvalue weighted by Gasteiger charge is 2.20. The zero-order valence-electron chi connectivity index (χ0n) is 36.9. The van der Waals surface area contributed by atoms with E-state index in [4.69, 9.17) is 15.0 Å². The third kappa shape index (κ3) is 6.76. The summed E-state index contributed by atoms with van der Waals surface area (Å²) in [5.74, 6) is 1.81. The molecule has 0 saturated heterocycles. The summed E-state index contributed by atoms with van der Waals surface area (Å²) < 4.78 is 4.74. The molecule has 10 aromatic carbocycles. The first-order valence-corrected chi connectivity index (χ1v) is 23.0. The molecule has 13 rings (SSSR count). The van der Waals surface area contributed by atoms with Crippen LogP contribution < -0.4 is 0 Å². The highest BCUT2D eigenvalue weighted by molar-refractivity contribution is 6.10. The Labute approximate surface area is 393 Å². The van der Waals surface area contributed by atoms with E-state index in [9.17, 15) is 0 Å². The van der Waals surface area contributed by atoms with Gasteiger partial charge in [0.2, 0.25) is 0 Å². The fraction of sp³-hybridized carbons (Fsp3) is 0. The number of rotatable bonds is 8. The summed E-state index contributed by atoms with van der Waals surface area (Å²) in [7, 11) is 0. The lowest BCUT2D eigenvalue weighted by Crippen LogP contribution is -2.03. The van der Waals surface area contributed by atoms with Crippen molar-refractivity contribution in [2.24, 2.45) is 0 Å². The Balaban J connectivity index is 0.993. The second kappa shape index (κ2) is 16.4. The highest BCUT2D eigenvalue weighted by Crippen LogP contribution is 2.40. The first kappa shape index (κ1) is 39.2. The highest BCUT2D eigenvalue weighted by atomic mass is 15.0. The molecular weight excluding hydrogens is 827 g/mol. The van der Waals surface area contributed by atoms with Crippen LogP contribution in [0.4, 0.5) is 0 Å². The SMILES string of the molecule is c1ccc(-c2ccc(-c3cccc(-c4ccc(-c5nc(-c6ccccc6)nc(-c6cccc(-n7c8ccccc8c8ccccc87)c6)n5)cc4-n4c5ccccc5c5ccccc54)c3)cc2)cc1. The number of hydrogen-bond donors (Lipinski definition) is 0. The lowest BCUT2D eigenvalue weighted by Gasteiger charge is -2.17. The summed E-state index contributed by atoms with van der Waals surface area (Å²) >= 11 is 0. The van der Waals surface area contributed by atoms with Crippen molar-refractivity contribution in [2.75, 3.05) is 0 Å². The van der Waals surface area contributed by atoms with Gasteiger partial charge in [-0.1, -0.05) is 200 Å². The standard InChI is InChI=1S/C63H41N5/c1-3-17-42(18-4-1)43-33-35-44(36-34-43)46-21-15-22-47(39-46)51-38-37-49(41-60(51)68-58-31-13-9-27-54(58)55-28-10-14-32-59(55)68)63-65-61(45-19-5-2-6-20-45)64-62(66-63)48-23-16-24-50(40-48)67-56-29-11-7-25-52(56)53-26-8-12-30-57(53)67/h1-41H. The summed E-state index contributed by atoms with van der Waals surface area (Å²) in [6.45, 7) is 0. The van der Waals surface area contributed by atoms with Crippen molar-refractivity contribution in [3.05, 3.63) is 249 Å². The van der Waals surface area contributed by atoms with E-state index in [1.54, 1.807) is 0 Å². The van der Waals surface area contributed by atoms with E-state index in [2.05, 4.69) is 240 Å². The molecule has 0 atom stereocenters. The van der Waals surface area contributed by atoms with E-state index in [1.165, 1.54) is 32.7 Å². The summed E-state index contributed by atoms with van der Waals surface area (Å²) in [6, 6.07) is 88.3. The molecule has 3 heterocycles. The van der Waals surface area contributed by atoms with Gasteiger partial charge in [-0.15, -0.1) is 0 Å². The maximum Gasteiger partial charge on any atom is 0.164 e. The molecule has 0 bridgehead atoms. The Morgan fingerprint density at radius 1 is 0.235 bits per heavy atom. The van der Waals surface area contributed by atoms with E-state index in [1.807, 2.05) is 18.2 Å². The number of aromatic nitrogens is 5. The molecule has 0 aliphatic rings. The molecular formula is C63H41N5. The van der Waals surface area contributed by atoms with Crippen molar-refractivity contribution in [3.8, 4) is 78.9 Å². The first-order valence-electron chi connectivity index (χ1n) is 23.0. The third-order valence-corrected chi connectivity index (χ3v) is 13.2. The maximum absolute atomic E-state index is 5.34. The second-order valence-corrected chi connectivity index (χ2v) is 17.2. The molecule has 5 nitrogen and oxygen atoms in total. The Hall–Kier alpha value is -9.19. The van der Waals surface area contributed by atoms with Gasteiger partial charge in [-0.2, -0.15) is 0 Å². The molecule has 0 fully saturated rings. The number of hydrogen-bond acceptors (Lipinski definition) is 3. The summed E-state index contributed by atoms with van der Waals surface area (Å²) in [5, 5.41) is 4.83. The molecule has 0 aliphatic carbocycles. The van der Waals surface area contributed by atoms with Crippen molar-refractivity contribution in [2.45, 2.75) is 0 Å². The Bertz CT molecular complexity index is 3910. The second-order valence-electron chi connectivity index (χ2n) is 17.2. The molecule has 13 aromatic rings. The van der Waals surface area contributed by atoms with Crippen molar-refractivity contribution >= 4 is 43.6 Å². The average Bonchev–Trinajstić information content (AvgIpc) is 3.94. The van der Waals surface area contributed by atoms with Crippen LogP contribution in [0.5, 0.6) is 0 Å². The van der Waals surface area contributed by atoms with Crippen molar-refractivity contribution < 1.29 is 0 Å². The van der Waals surface area contributed by atoms with E-state index >= 15 is 0 Å². The number of nitrogens with zero attached hydrogens (tertiary/aromatic N) is 5. The van der Waals surface area contributed by atoms with Gasteiger partial charge < -0.3 is 9.13 Å². The van der Waals surface area contributed by atoms with Crippen LogP contribution in [0.15, 0.2) is 249 Å². The van der Waals surface area contributed by atoms with Gasteiger partial charge in [0.15, 0.2) is 17.5 Å². The van der Waals surface area contributed by atoms with Crippen molar-refractivity contribution in [3.63, 3.8) is 0 Å². The average molecular weight is 868 g/mol. The minimum Gasteiger partial charge on any atom is -0.309 e. The smallest absolute Gasteiger partial charge is 0.164 e. The lowest BCUT2D eigenvalue weighted by atomic mass is 9.95. The van der Waals surface area contributed by atoms with Crippen LogP contribution in [0.1, 0.15) is 0 Å². The van der Waals surface area contributed by atoms with Gasteiger partial charge in [0.1, 0.15) is 0 Å². The van der Waals surface area contributed by atoms with Crippen LogP contribution in [-0.2, 0) is 0 Å². The van der Waals surface area contributed by atoms with Crippen molar-refractivity contribution in [1.82, 2.24) is 24.1 Å². The van der Waals surface area contributed by atoms with Crippen LogP contribution in [0.2, 0.25) is 0 Å². The summed E-state index contributed by atoms with van der Waals surface area (Å²) in [6.07, 6.45) is 0. The number of benzene rings is 10. The van der Waals surface area contributed by atoms with Gasteiger partial charge >= 0.3 is 0 Å². The number of fused-ring (bicyclic) bond motifs is 6. The molecule has 0 N–H and O–H groups in total. The van der Waals surface area contributed by atoms with Crippen LogP contribution in [0, 0.1) is 0 Å². The lowest BCUT2D eigenvalue weighted by molar-refractivity contribution is 1.07. The zero-order chi connectivity index (χ0) is 45.0. The largest absolute Gasteiger partial charge is 0.309 e.